The molecule has 1 saturated heterocycles. The predicted molar refractivity (Wildman–Crippen MR) is 94.7 cm³/mol. The van der Waals surface area contributed by atoms with Crippen LogP contribution in [0.5, 0.6) is 0 Å². The van der Waals surface area contributed by atoms with Crippen LogP contribution < -0.4 is 10.0 Å². The number of para-hydroxylation sites is 2. The molecule has 4 rings (SSSR count). The van der Waals surface area contributed by atoms with Gasteiger partial charge < -0.3 is 5.11 Å². The lowest BCUT2D eigenvalue weighted by Crippen LogP contribution is -2.61. The minimum atomic E-state index is -0.833. The normalized spacial score (nSPS) is 23.3. The highest BCUT2D eigenvalue weighted by atomic mass is 16.3. The van der Waals surface area contributed by atoms with Gasteiger partial charge in [-0.1, -0.05) is 42.5 Å². The molecule has 1 N–H and O–H groups in total. The molecule has 0 radical (unpaired) electrons. The smallest absolute Gasteiger partial charge is 0.274 e. The molecular formula is C20H18N2O3. The van der Waals surface area contributed by atoms with Gasteiger partial charge in [0.15, 0.2) is 0 Å². The molecule has 1 fully saturated rings. The number of anilines is 2. The van der Waals surface area contributed by atoms with E-state index < -0.39 is 12.0 Å². The SMILES string of the molecule is O=C1C2=CCCC(O)C2C(=O)N(c2ccccc2)N1c1ccccc1. The zero-order chi connectivity index (χ0) is 17.4. The Labute approximate surface area is 145 Å². The number of benzene rings is 2. The largest absolute Gasteiger partial charge is 0.392 e. The number of rotatable bonds is 2. The van der Waals surface area contributed by atoms with Gasteiger partial charge in [0.1, 0.15) is 0 Å². The summed E-state index contributed by atoms with van der Waals surface area (Å²) in [4.78, 5) is 26.4. The fraction of sp³-hybridized carbons (Fsp3) is 0.200. The molecule has 1 heterocycles. The van der Waals surface area contributed by atoms with Crippen molar-refractivity contribution in [3.63, 3.8) is 0 Å². The number of aliphatic hydroxyl groups is 1. The Kier molecular flexibility index (Phi) is 3.86. The number of nitrogens with zero attached hydrogens (tertiary/aromatic N) is 2. The molecule has 2 unspecified atom stereocenters. The van der Waals surface area contributed by atoms with E-state index in [9.17, 15) is 14.7 Å². The van der Waals surface area contributed by atoms with E-state index in [1.807, 2.05) is 36.4 Å². The van der Waals surface area contributed by atoms with Gasteiger partial charge in [-0.05, 0) is 37.1 Å². The minimum absolute atomic E-state index is 0.265. The second-order valence-electron chi connectivity index (χ2n) is 6.22. The van der Waals surface area contributed by atoms with Crippen LogP contribution in [0.4, 0.5) is 11.4 Å². The Morgan fingerprint density at radius 3 is 2.00 bits per heavy atom. The second kappa shape index (κ2) is 6.18. The van der Waals surface area contributed by atoms with Crippen molar-refractivity contribution >= 4 is 23.2 Å². The lowest BCUT2D eigenvalue weighted by Gasteiger charge is -2.44. The maximum atomic E-state index is 13.2. The summed E-state index contributed by atoms with van der Waals surface area (Å²) in [5.41, 5.74) is 1.60. The van der Waals surface area contributed by atoms with Gasteiger partial charge in [0.2, 0.25) is 0 Å². The number of allylic oxidation sites excluding steroid dienone is 1. The van der Waals surface area contributed by atoms with Gasteiger partial charge in [0.25, 0.3) is 11.8 Å². The fourth-order valence-electron chi connectivity index (χ4n) is 3.49. The van der Waals surface area contributed by atoms with Crippen molar-refractivity contribution in [3.05, 3.63) is 72.3 Å². The molecule has 0 saturated carbocycles. The molecule has 0 spiro atoms. The molecule has 1 aliphatic heterocycles. The molecule has 5 heteroatoms. The van der Waals surface area contributed by atoms with E-state index in [0.717, 1.165) is 0 Å². The average Bonchev–Trinajstić information content (AvgIpc) is 2.65. The minimum Gasteiger partial charge on any atom is -0.392 e. The van der Waals surface area contributed by atoms with Crippen LogP contribution in [0.15, 0.2) is 72.3 Å². The Morgan fingerprint density at radius 2 is 1.40 bits per heavy atom. The lowest BCUT2D eigenvalue weighted by atomic mass is 9.82. The van der Waals surface area contributed by atoms with Crippen LogP contribution in [0.3, 0.4) is 0 Å². The maximum absolute atomic E-state index is 13.2. The Balaban J connectivity index is 1.88. The van der Waals surface area contributed by atoms with Crippen molar-refractivity contribution < 1.29 is 14.7 Å². The van der Waals surface area contributed by atoms with E-state index in [2.05, 4.69) is 0 Å². The molecule has 2 aromatic rings. The summed E-state index contributed by atoms with van der Waals surface area (Å²) in [7, 11) is 0. The molecule has 0 aromatic heterocycles. The Hall–Kier alpha value is -2.92. The zero-order valence-electron chi connectivity index (χ0n) is 13.6. The Bertz CT molecular complexity index is 833. The van der Waals surface area contributed by atoms with Crippen LogP contribution in [-0.2, 0) is 9.59 Å². The maximum Gasteiger partial charge on any atom is 0.274 e. The molecule has 25 heavy (non-hydrogen) atoms. The average molecular weight is 334 g/mol. The van der Waals surface area contributed by atoms with E-state index in [4.69, 9.17) is 0 Å². The first-order chi connectivity index (χ1) is 12.2. The van der Waals surface area contributed by atoms with Crippen LogP contribution in [0, 0.1) is 5.92 Å². The summed E-state index contributed by atoms with van der Waals surface area (Å²) in [5.74, 6) is -1.35. The summed E-state index contributed by atoms with van der Waals surface area (Å²) < 4.78 is 0. The number of amides is 2. The van der Waals surface area contributed by atoms with Crippen LogP contribution in [0.25, 0.3) is 0 Å². The van der Waals surface area contributed by atoms with Gasteiger partial charge in [-0.25, -0.2) is 10.0 Å². The second-order valence-corrected chi connectivity index (χ2v) is 6.22. The van der Waals surface area contributed by atoms with Gasteiger partial charge in [0, 0.05) is 5.57 Å². The number of fused-ring (bicyclic) bond motifs is 1. The molecule has 5 nitrogen and oxygen atoms in total. The molecule has 2 amide bonds. The van der Waals surface area contributed by atoms with Crippen molar-refractivity contribution in [2.24, 2.45) is 5.92 Å². The molecule has 2 aromatic carbocycles. The number of hydrogen-bond donors (Lipinski definition) is 1. The van der Waals surface area contributed by atoms with Crippen LogP contribution >= 0.6 is 0 Å². The standard InChI is InChI=1S/C20H18N2O3/c23-17-13-7-12-16-18(17)20(25)22(15-10-5-2-6-11-15)21(19(16)24)14-8-3-1-4-9-14/h1-6,8-12,17-18,23H,7,13H2. The molecule has 2 aliphatic rings. The highest BCUT2D eigenvalue weighted by Gasteiger charge is 2.48. The molecular weight excluding hydrogens is 316 g/mol. The predicted octanol–water partition coefficient (Wildman–Crippen LogP) is 2.68. The van der Waals surface area contributed by atoms with Crippen LogP contribution in [0.1, 0.15) is 12.8 Å². The number of hydrazine groups is 1. The summed E-state index contributed by atoms with van der Waals surface area (Å²) in [6, 6.07) is 18.2. The zero-order valence-corrected chi connectivity index (χ0v) is 13.6. The molecule has 1 aliphatic carbocycles. The number of hydrogen-bond acceptors (Lipinski definition) is 3. The molecule has 0 bridgehead atoms. The van der Waals surface area contributed by atoms with E-state index in [0.29, 0.717) is 29.8 Å². The third-order valence-corrected chi connectivity index (χ3v) is 4.66. The first kappa shape index (κ1) is 15.6. The molecule has 2 atom stereocenters. The first-order valence-corrected chi connectivity index (χ1v) is 8.35. The highest BCUT2D eigenvalue weighted by molar-refractivity contribution is 6.20. The van der Waals surface area contributed by atoms with Gasteiger partial charge in [0.05, 0.1) is 23.4 Å². The van der Waals surface area contributed by atoms with Crippen molar-refractivity contribution in [1.82, 2.24) is 0 Å². The van der Waals surface area contributed by atoms with Gasteiger partial charge in [-0.15, -0.1) is 0 Å². The summed E-state index contributed by atoms with van der Waals surface area (Å²) >= 11 is 0. The summed E-state index contributed by atoms with van der Waals surface area (Å²) in [6.07, 6.45) is 2.04. The summed E-state index contributed by atoms with van der Waals surface area (Å²) in [6.45, 7) is 0. The third kappa shape index (κ3) is 2.53. The number of carbonyl (C=O) groups is 2. The fourth-order valence-corrected chi connectivity index (χ4v) is 3.49. The topological polar surface area (TPSA) is 60.9 Å². The van der Waals surface area contributed by atoms with Crippen molar-refractivity contribution in [2.75, 3.05) is 10.0 Å². The third-order valence-electron chi connectivity index (χ3n) is 4.66. The van der Waals surface area contributed by atoms with E-state index in [1.165, 1.54) is 10.0 Å². The summed E-state index contributed by atoms with van der Waals surface area (Å²) in [5, 5.41) is 13.1. The van der Waals surface area contributed by atoms with Gasteiger partial charge in [-0.2, -0.15) is 0 Å². The van der Waals surface area contributed by atoms with E-state index in [-0.39, 0.29) is 11.8 Å². The first-order valence-electron chi connectivity index (χ1n) is 8.35. The van der Waals surface area contributed by atoms with Crippen molar-refractivity contribution in [1.29, 1.82) is 0 Å². The number of carbonyl (C=O) groups excluding carboxylic acids is 2. The van der Waals surface area contributed by atoms with Crippen molar-refractivity contribution in [2.45, 2.75) is 18.9 Å². The van der Waals surface area contributed by atoms with Crippen LogP contribution in [-0.4, -0.2) is 23.0 Å². The monoisotopic (exact) mass is 334 g/mol. The quantitative estimate of drug-likeness (QED) is 0.918. The van der Waals surface area contributed by atoms with Crippen LogP contribution in [0.2, 0.25) is 0 Å². The van der Waals surface area contributed by atoms with Gasteiger partial charge in [-0.3, -0.25) is 9.59 Å². The van der Waals surface area contributed by atoms with Gasteiger partial charge >= 0.3 is 0 Å². The van der Waals surface area contributed by atoms with E-state index >= 15 is 0 Å². The lowest BCUT2D eigenvalue weighted by molar-refractivity contribution is -0.131. The Morgan fingerprint density at radius 1 is 0.840 bits per heavy atom. The van der Waals surface area contributed by atoms with E-state index in [1.54, 1.807) is 30.3 Å². The highest BCUT2D eigenvalue weighted by Crippen LogP contribution is 2.37. The molecule has 126 valence electrons. The van der Waals surface area contributed by atoms with Crippen molar-refractivity contribution in [3.8, 4) is 0 Å². The number of aliphatic hydroxyl groups excluding tert-OH is 1.